The molecule has 4 heteroatoms. The van der Waals surface area contributed by atoms with Crippen molar-refractivity contribution in [3.63, 3.8) is 0 Å². The maximum atomic E-state index is 10.1. The smallest absolute Gasteiger partial charge is 0.136 e. The molecule has 0 unspecified atom stereocenters. The Balaban J connectivity index is 2.14. The fraction of sp³-hybridized carbons (Fsp3) is 0.438. The van der Waals surface area contributed by atoms with Crippen LogP contribution < -0.4 is 4.74 Å². The van der Waals surface area contributed by atoms with E-state index in [1.54, 1.807) is 6.21 Å². The molecule has 0 atom stereocenters. The summed E-state index contributed by atoms with van der Waals surface area (Å²) >= 11 is 0. The quantitative estimate of drug-likeness (QED) is 0.664. The lowest BCUT2D eigenvalue weighted by Gasteiger charge is -2.45. The number of phenols is 1. The molecule has 1 fully saturated rings. The molecule has 20 heavy (non-hydrogen) atoms. The first-order valence-corrected chi connectivity index (χ1v) is 6.88. The van der Waals surface area contributed by atoms with Crippen molar-refractivity contribution >= 4 is 12.3 Å². The van der Waals surface area contributed by atoms with E-state index in [4.69, 9.17) is 9.57 Å². The maximum Gasteiger partial charge on any atom is 0.136 e. The van der Waals surface area contributed by atoms with Crippen molar-refractivity contribution in [2.75, 3.05) is 7.11 Å². The Morgan fingerprint density at radius 2 is 2.15 bits per heavy atom. The van der Waals surface area contributed by atoms with Crippen LogP contribution >= 0.6 is 0 Å². The van der Waals surface area contributed by atoms with Crippen LogP contribution in [0.3, 0.4) is 0 Å². The highest BCUT2D eigenvalue weighted by Crippen LogP contribution is 2.48. The van der Waals surface area contributed by atoms with Crippen LogP contribution in [0.1, 0.15) is 36.0 Å². The predicted molar refractivity (Wildman–Crippen MR) is 78.3 cm³/mol. The Morgan fingerprint density at radius 3 is 2.75 bits per heavy atom. The molecular formula is C16H19NO3. The number of hydrogen-bond acceptors (Lipinski definition) is 4. The van der Waals surface area contributed by atoms with E-state index in [0.717, 1.165) is 47.3 Å². The molecule has 4 nitrogen and oxygen atoms in total. The number of fused-ring (bicyclic) bond motifs is 1. The standard InChI is InChI=1S/C16H19NO3/c1-10-7-14-13(11(2)15(10)18)8-12(9-17-19-3)16(20-14)5-4-6-16/h7-9,18H,4-6H2,1-3H3/b17-9+. The second-order valence-corrected chi connectivity index (χ2v) is 5.55. The number of aromatic hydroxyl groups is 1. The van der Waals surface area contributed by atoms with Gasteiger partial charge < -0.3 is 14.7 Å². The molecule has 106 valence electrons. The minimum absolute atomic E-state index is 0.259. The molecule has 0 aromatic heterocycles. The minimum Gasteiger partial charge on any atom is -0.507 e. The monoisotopic (exact) mass is 273 g/mol. The Morgan fingerprint density at radius 1 is 1.40 bits per heavy atom. The summed E-state index contributed by atoms with van der Waals surface area (Å²) in [4.78, 5) is 4.79. The number of rotatable bonds is 2. The normalized spacial score (nSPS) is 19.2. The average molecular weight is 273 g/mol. The van der Waals surface area contributed by atoms with E-state index in [9.17, 15) is 5.11 Å². The van der Waals surface area contributed by atoms with Crippen molar-refractivity contribution in [1.29, 1.82) is 0 Å². The molecule has 1 saturated carbocycles. The summed E-state index contributed by atoms with van der Waals surface area (Å²) in [5.41, 5.74) is 3.38. The van der Waals surface area contributed by atoms with Crippen LogP contribution in [0.15, 0.2) is 16.8 Å². The van der Waals surface area contributed by atoms with E-state index in [-0.39, 0.29) is 5.60 Å². The predicted octanol–water partition coefficient (Wildman–Crippen LogP) is 3.34. The van der Waals surface area contributed by atoms with Crippen LogP contribution in [-0.4, -0.2) is 24.0 Å². The van der Waals surface area contributed by atoms with Gasteiger partial charge in [0.15, 0.2) is 0 Å². The van der Waals surface area contributed by atoms with Crippen LogP contribution in [0.4, 0.5) is 0 Å². The molecule has 0 radical (unpaired) electrons. The number of benzene rings is 1. The first-order valence-electron chi connectivity index (χ1n) is 6.88. The SMILES string of the molecule is CO/N=C/C1=Cc2c(cc(C)c(O)c2C)OC12CCC2. The van der Waals surface area contributed by atoms with Crippen molar-refractivity contribution in [3.05, 3.63) is 28.3 Å². The summed E-state index contributed by atoms with van der Waals surface area (Å²) in [5.74, 6) is 1.18. The average Bonchev–Trinajstić information content (AvgIpc) is 2.40. The van der Waals surface area contributed by atoms with Gasteiger partial charge in [-0.05, 0) is 50.8 Å². The minimum atomic E-state index is -0.259. The lowest BCUT2D eigenvalue weighted by molar-refractivity contribution is 0.0319. The summed E-state index contributed by atoms with van der Waals surface area (Å²) in [7, 11) is 1.53. The topological polar surface area (TPSA) is 51.0 Å². The summed E-state index contributed by atoms with van der Waals surface area (Å²) in [6.07, 6.45) is 6.93. The molecule has 1 heterocycles. The summed E-state index contributed by atoms with van der Waals surface area (Å²) in [5, 5.41) is 14.0. The van der Waals surface area contributed by atoms with Gasteiger partial charge in [-0.1, -0.05) is 5.16 Å². The van der Waals surface area contributed by atoms with Gasteiger partial charge in [-0.15, -0.1) is 0 Å². The molecule has 1 spiro atoms. The Labute approximate surface area is 118 Å². The Bertz CT molecular complexity index is 613. The summed E-state index contributed by atoms with van der Waals surface area (Å²) < 4.78 is 6.26. The second-order valence-electron chi connectivity index (χ2n) is 5.55. The van der Waals surface area contributed by atoms with E-state index in [2.05, 4.69) is 11.2 Å². The molecule has 0 bridgehead atoms. The zero-order chi connectivity index (χ0) is 14.3. The maximum absolute atomic E-state index is 10.1. The van der Waals surface area contributed by atoms with Gasteiger partial charge in [-0.3, -0.25) is 0 Å². The van der Waals surface area contributed by atoms with Crippen molar-refractivity contribution in [2.45, 2.75) is 38.7 Å². The third-order valence-electron chi connectivity index (χ3n) is 4.34. The zero-order valence-corrected chi connectivity index (χ0v) is 12.1. The number of nitrogens with zero attached hydrogens (tertiary/aromatic N) is 1. The zero-order valence-electron chi connectivity index (χ0n) is 12.1. The lowest BCUT2D eigenvalue weighted by Crippen LogP contribution is -2.47. The van der Waals surface area contributed by atoms with Crippen LogP contribution in [0, 0.1) is 13.8 Å². The molecule has 0 saturated heterocycles. The van der Waals surface area contributed by atoms with E-state index in [1.165, 1.54) is 7.11 Å². The number of aryl methyl sites for hydroxylation is 1. The molecule has 1 aliphatic carbocycles. The van der Waals surface area contributed by atoms with Gasteiger partial charge in [0.05, 0.1) is 6.21 Å². The van der Waals surface area contributed by atoms with E-state index in [1.807, 2.05) is 19.9 Å². The first kappa shape index (κ1) is 13.0. The van der Waals surface area contributed by atoms with Crippen molar-refractivity contribution in [3.8, 4) is 11.5 Å². The fourth-order valence-electron chi connectivity index (χ4n) is 2.92. The molecular weight excluding hydrogens is 254 g/mol. The van der Waals surface area contributed by atoms with Crippen molar-refractivity contribution < 1.29 is 14.7 Å². The first-order chi connectivity index (χ1) is 9.57. The number of hydrogen-bond donors (Lipinski definition) is 1. The van der Waals surface area contributed by atoms with Gasteiger partial charge in [0.2, 0.25) is 0 Å². The van der Waals surface area contributed by atoms with Crippen LogP contribution in [0.5, 0.6) is 11.5 Å². The van der Waals surface area contributed by atoms with Crippen molar-refractivity contribution in [2.24, 2.45) is 5.16 Å². The second kappa shape index (κ2) is 4.54. The molecule has 1 N–H and O–H groups in total. The molecule has 0 amide bonds. The van der Waals surface area contributed by atoms with Gasteiger partial charge in [0.25, 0.3) is 0 Å². The number of oxime groups is 1. The van der Waals surface area contributed by atoms with E-state index in [0.29, 0.717) is 5.75 Å². The molecule has 1 aromatic carbocycles. The fourth-order valence-corrected chi connectivity index (χ4v) is 2.92. The van der Waals surface area contributed by atoms with Crippen LogP contribution in [0.2, 0.25) is 0 Å². The lowest BCUT2D eigenvalue weighted by atomic mass is 9.72. The molecule has 3 rings (SSSR count). The van der Waals surface area contributed by atoms with Gasteiger partial charge in [-0.2, -0.15) is 0 Å². The highest BCUT2D eigenvalue weighted by atomic mass is 16.6. The van der Waals surface area contributed by atoms with Gasteiger partial charge >= 0.3 is 0 Å². The van der Waals surface area contributed by atoms with Crippen LogP contribution in [0.25, 0.3) is 6.08 Å². The van der Waals surface area contributed by atoms with Gasteiger partial charge in [0.1, 0.15) is 24.2 Å². The third-order valence-corrected chi connectivity index (χ3v) is 4.34. The Kier molecular flexibility index (Phi) is 2.96. The Hall–Kier alpha value is -1.97. The molecule has 1 aliphatic heterocycles. The largest absolute Gasteiger partial charge is 0.507 e. The van der Waals surface area contributed by atoms with Gasteiger partial charge in [-0.25, -0.2) is 0 Å². The third kappa shape index (κ3) is 1.79. The number of phenolic OH excluding ortho intramolecular Hbond substituents is 1. The summed E-state index contributed by atoms with van der Waals surface area (Å²) in [6.45, 7) is 3.80. The molecule has 1 aromatic rings. The van der Waals surface area contributed by atoms with E-state index >= 15 is 0 Å². The van der Waals surface area contributed by atoms with Crippen molar-refractivity contribution in [1.82, 2.24) is 0 Å². The number of ether oxygens (including phenoxy) is 1. The highest BCUT2D eigenvalue weighted by Gasteiger charge is 2.45. The molecule has 2 aliphatic rings. The van der Waals surface area contributed by atoms with E-state index < -0.39 is 0 Å². The summed E-state index contributed by atoms with van der Waals surface area (Å²) in [6, 6.07) is 1.92. The van der Waals surface area contributed by atoms with Gasteiger partial charge in [0, 0.05) is 16.7 Å². The van der Waals surface area contributed by atoms with Crippen LogP contribution in [-0.2, 0) is 4.84 Å². The highest BCUT2D eigenvalue weighted by molar-refractivity contribution is 5.91.